The number of thiophene rings is 1. The Hall–Kier alpha value is -3.04. The molecule has 5 rings (SSSR count). The summed E-state index contributed by atoms with van der Waals surface area (Å²) in [4.78, 5) is 15.9. The van der Waals surface area contributed by atoms with Crippen molar-refractivity contribution < 1.29 is 19.0 Å². The summed E-state index contributed by atoms with van der Waals surface area (Å²) in [5, 5.41) is 8.22. The first kappa shape index (κ1) is 20.8. The number of hydrogen-bond acceptors (Lipinski definition) is 7. The van der Waals surface area contributed by atoms with Crippen molar-refractivity contribution in [3.05, 3.63) is 40.4 Å². The topological polar surface area (TPSA) is 77.9 Å². The normalized spacial score (nSPS) is 13.8. The van der Waals surface area contributed by atoms with Crippen molar-refractivity contribution in [2.45, 2.75) is 19.3 Å². The number of rotatable bonds is 7. The Bertz CT molecular complexity index is 1170. The van der Waals surface area contributed by atoms with Crippen LogP contribution in [0.1, 0.15) is 27.2 Å². The minimum Gasteiger partial charge on any atom is -0.454 e. The molecule has 1 aromatic carbocycles. The third-order valence-corrected chi connectivity index (χ3v) is 6.81. The molecule has 0 spiro atoms. The molecule has 1 N–H and O–H groups in total. The maximum Gasteiger partial charge on any atom is 0.261 e. The number of nitrogens with one attached hydrogen (secondary N) is 1. The Morgan fingerprint density at radius 1 is 1.28 bits per heavy atom. The van der Waals surface area contributed by atoms with Crippen LogP contribution in [-0.2, 0) is 19.9 Å². The third kappa shape index (κ3) is 3.82. The first-order valence-electron chi connectivity index (χ1n) is 10.7. The Morgan fingerprint density at radius 3 is 2.97 bits per heavy atom. The molecule has 1 amide bonds. The van der Waals surface area contributed by atoms with Gasteiger partial charge in [-0.05, 0) is 63.2 Å². The van der Waals surface area contributed by atoms with Crippen LogP contribution >= 0.6 is 11.3 Å². The van der Waals surface area contributed by atoms with Gasteiger partial charge in [-0.1, -0.05) is 11.3 Å². The quantitative estimate of drug-likeness (QED) is 0.551. The molecule has 2 aromatic heterocycles. The zero-order valence-electron chi connectivity index (χ0n) is 18.4. The van der Waals surface area contributed by atoms with Crippen LogP contribution in [0, 0.1) is 0 Å². The number of benzene rings is 1. The zero-order chi connectivity index (χ0) is 22.2. The fourth-order valence-corrected chi connectivity index (χ4v) is 5.29. The van der Waals surface area contributed by atoms with Gasteiger partial charge in [0.2, 0.25) is 6.79 Å². The fraction of sp³-hybridized carbons (Fsp3) is 0.391. The summed E-state index contributed by atoms with van der Waals surface area (Å²) in [6.07, 6.45) is 4.45. The number of aryl methyl sites for hydroxylation is 2. The predicted octanol–water partition coefficient (Wildman–Crippen LogP) is 3.45. The van der Waals surface area contributed by atoms with Crippen LogP contribution in [0.15, 0.2) is 24.4 Å². The first-order chi connectivity index (χ1) is 15.5. The van der Waals surface area contributed by atoms with E-state index in [4.69, 9.17) is 14.2 Å². The summed E-state index contributed by atoms with van der Waals surface area (Å²) in [7, 11) is 5.99. The van der Waals surface area contributed by atoms with Crippen molar-refractivity contribution in [2.24, 2.45) is 7.05 Å². The van der Waals surface area contributed by atoms with Crippen molar-refractivity contribution in [3.63, 3.8) is 0 Å². The summed E-state index contributed by atoms with van der Waals surface area (Å²) in [6.45, 7) is 1.78. The van der Waals surface area contributed by atoms with E-state index in [1.54, 1.807) is 0 Å². The van der Waals surface area contributed by atoms with E-state index in [1.165, 1.54) is 16.9 Å². The minimum absolute atomic E-state index is 0.0452. The van der Waals surface area contributed by atoms with Gasteiger partial charge in [0.05, 0.1) is 22.3 Å². The summed E-state index contributed by atoms with van der Waals surface area (Å²) >= 11 is 1.39. The smallest absolute Gasteiger partial charge is 0.261 e. The van der Waals surface area contributed by atoms with E-state index in [-0.39, 0.29) is 12.7 Å². The van der Waals surface area contributed by atoms with E-state index in [9.17, 15) is 4.79 Å². The van der Waals surface area contributed by atoms with E-state index in [0.717, 1.165) is 42.6 Å². The van der Waals surface area contributed by atoms with E-state index in [2.05, 4.69) is 15.3 Å². The van der Waals surface area contributed by atoms with Crippen LogP contribution in [0.3, 0.4) is 0 Å². The minimum atomic E-state index is -0.0452. The van der Waals surface area contributed by atoms with Crippen LogP contribution < -0.4 is 19.5 Å². The molecule has 0 bridgehead atoms. The lowest BCUT2D eigenvalue weighted by Gasteiger charge is -2.16. The second kappa shape index (κ2) is 8.48. The van der Waals surface area contributed by atoms with Crippen molar-refractivity contribution in [1.29, 1.82) is 0 Å². The molecule has 8 nitrogen and oxygen atoms in total. The monoisotopic (exact) mass is 454 g/mol. The average molecular weight is 455 g/mol. The SMILES string of the molecule is CN(C)CCCNC(=O)c1sc(Oc2ccc3c(c2)OCO3)c2c1CCc1cnn(C)c1-2. The van der Waals surface area contributed by atoms with E-state index in [1.807, 2.05) is 50.2 Å². The molecule has 3 aromatic rings. The summed E-state index contributed by atoms with van der Waals surface area (Å²) in [6, 6.07) is 5.52. The van der Waals surface area contributed by atoms with Gasteiger partial charge >= 0.3 is 0 Å². The molecule has 168 valence electrons. The van der Waals surface area contributed by atoms with Crippen LogP contribution in [0.2, 0.25) is 0 Å². The molecule has 2 aliphatic rings. The highest BCUT2D eigenvalue weighted by Crippen LogP contribution is 2.49. The summed E-state index contributed by atoms with van der Waals surface area (Å²) < 4.78 is 19.1. The predicted molar refractivity (Wildman–Crippen MR) is 122 cm³/mol. The molecule has 0 atom stereocenters. The van der Waals surface area contributed by atoms with Gasteiger partial charge in [-0.25, -0.2) is 0 Å². The number of aromatic nitrogens is 2. The Balaban J connectivity index is 1.48. The number of nitrogens with zero attached hydrogens (tertiary/aromatic N) is 3. The molecule has 9 heteroatoms. The fourth-order valence-electron chi connectivity index (χ4n) is 4.15. The summed E-state index contributed by atoms with van der Waals surface area (Å²) in [5.74, 6) is 1.96. The van der Waals surface area contributed by atoms with Gasteiger partial charge < -0.3 is 24.4 Å². The maximum atomic E-state index is 13.1. The number of amides is 1. The standard InChI is InChI=1S/C23H26N4O4S/c1-26(2)10-4-9-24-22(28)21-16-7-5-14-12-25-27(3)20(14)19(16)23(32-21)31-15-6-8-17-18(11-15)30-13-29-17/h6,8,11-12H,4-5,7,9-10,13H2,1-3H3,(H,24,28). The zero-order valence-corrected chi connectivity index (χ0v) is 19.3. The van der Waals surface area contributed by atoms with Crippen LogP contribution in [0.5, 0.6) is 22.3 Å². The molecule has 0 radical (unpaired) electrons. The van der Waals surface area contributed by atoms with Crippen molar-refractivity contribution in [1.82, 2.24) is 20.0 Å². The van der Waals surface area contributed by atoms with Crippen LogP contribution in [-0.4, -0.2) is 54.6 Å². The number of carbonyl (C=O) groups excluding carboxylic acids is 1. The van der Waals surface area contributed by atoms with Gasteiger partial charge in [0.15, 0.2) is 16.6 Å². The first-order valence-corrected chi connectivity index (χ1v) is 11.5. The lowest BCUT2D eigenvalue weighted by Crippen LogP contribution is -2.27. The second-order valence-corrected chi connectivity index (χ2v) is 9.23. The molecule has 3 heterocycles. The van der Waals surface area contributed by atoms with E-state index in [0.29, 0.717) is 33.7 Å². The van der Waals surface area contributed by atoms with E-state index < -0.39 is 0 Å². The average Bonchev–Trinajstić information content (AvgIpc) is 3.48. The molecule has 0 saturated heterocycles. The molecule has 0 fully saturated rings. The Kier molecular flexibility index (Phi) is 5.52. The van der Waals surface area contributed by atoms with Gasteiger partial charge in [0.25, 0.3) is 5.91 Å². The lowest BCUT2D eigenvalue weighted by molar-refractivity contribution is 0.0955. The highest BCUT2D eigenvalue weighted by atomic mass is 32.1. The largest absolute Gasteiger partial charge is 0.454 e. The second-order valence-electron chi connectivity index (χ2n) is 8.24. The highest BCUT2D eigenvalue weighted by molar-refractivity contribution is 7.16. The molecule has 1 aliphatic heterocycles. The Morgan fingerprint density at radius 2 is 2.12 bits per heavy atom. The van der Waals surface area contributed by atoms with Crippen molar-refractivity contribution in [2.75, 3.05) is 34.0 Å². The molecular formula is C23H26N4O4S. The number of carbonyl (C=O) groups is 1. The molecule has 0 saturated carbocycles. The maximum absolute atomic E-state index is 13.1. The van der Waals surface area contributed by atoms with Gasteiger partial charge in [0, 0.05) is 19.7 Å². The van der Waals surface area contributed by atoms with Crippen LogP contribution in [0.25, 0.3) is 11.3 Å². The molecule has 0 unspecified atom stereocenters. The van der Waals surface area contributed by atoms with Crippen LogP contribution in [0.4, 0.5) is 0 Å². The lowest BCUT2D eigenvalue weighted by atomic mass is 9.91. The van der Waals surface area contributed by atoms with Gasteiger partial charge in [0.1, 0.15) is 5.75 Å². The highest BCUT2D eigenvalue weighted by Gasteiger charge is 2.31. The van der Waals surface area contributed by atoms with Crippen molar-refractivity contribution in [3.8, 4) is 33.6 Å². The van der Waals surface area contributed by atoms with Crippen molar-refractivity contribution >= 4 is 17.2 Å². The molecule has 32 heavy (non-hydrogen) atoms. The van der Waals surface area contributed by atoms with Gasteiger partial charge in [-0.15, -0.1) is 0 Å². The number of fused-ring (bicyclic) bond motifs is 4. The third-order valence-electron chi connectivity index (χ3n) is 5.70. The Labute approximate surface area is 190 Å². The van der Waals surface area contributed by atoms with Gasteiger partial charge in [-0.3, -0.25) is 9.48 Å². The summed E-state index contributed by atoms with van der Waals surface area (Å²) in [5.41, 5.74) is 4.19. The number of ether oxygens (including phenoxy) is 3. The molecule has 1 aliphatic carbocycles. The molecular weight excluding hydrogens is 428 g/mol. The van der Waals surface area contributed by atoms with Gasteiger partial charge in [-0.2, -0.15) is 5.10 Å². The number of hydrogen-bond donors (Lipinski definition) is 1. The van der Waals surface area contributed by atoms with E-state index >= 15 is 0 Å².